The van der Waals surface area contributed by atoms with Crippen LogP contribution in [0.25, 0.3) is 0 Å². The van der Waals surface area contributed by atoms with Gasteiger partial charge in [-0.25, -0.2) is 0 Å². The molecule has 0 saturated carbocycles. The minimum atomic E-state index is 0.0595. The Hall–Kier alpha value is -1.99. The number of aryl methyl sites for hydroxylation is 1. The number of benzene rings is 1. The SMILES string of the molecule is Cn1nnc(CC(NN)C2CCOc3ccccc32)n1. The average Bonchev–Trinajstić information content (AvgIpc) is 2.89. The fraction of sp³-hybridized carbons (Fsp3) is 0.462. The molecule has 0 bridgehead atoms. The summed E-state index contributed by atoms with van der Waals surface area (Å²) in [6.45, 7) is 0.702. The van der Waals surface area contributed by atoms with Crippen molar-refractivity contribution in [3.63, 3.8) is 0 Å². The Kier molecular flexibility index (Phi) is 3.62. The van der Waals surface area contributed by atoms with Crippen molar-refractivity contribution in [3.8, 4) is 5.75 Å². The van der Waals surface area contributed by atoms with Gasteiger partial charge >= 0.3 is 0 Å². The zero-order valence-electron chi connectivity index (χ0n) is 11.4. The number of hydrazine groups is 1. The van der Waals surface area contributed by atoms with Crippen LogP contribution in [0.15, 0.2) is 24.3 Å². The van der Waals surface area contributed by atoms with Crippen LogP contribution in [0.2, 0.25) is 0 Å². The molecule has 1 aliphatic rings. The molecule has 1 aromatic carbocycles. The number of aromatic nitrogens is 4. The van der Waals surface area contributed by atoms with Crippen LogP contribution >= 0.6 is 0 Å². The van der Waals surface area contributed by atoms with Crippen molar-refractivity contribution in [1.82, 2.24) is 25.6 Å². The maximum absolute atomic E-state index is 5.74. The predicted octanol–water partition coefficient (Wildman–Crippen LogP) is 0.151. The summed E-state index contributed by atoms with van der Waals surface area (Å²) in [6, 6.07) is 8.15. The van der Waals surface area contributed by atoms with E-state index < -0.39 is 0 Å². The van der Waals surface area contributed by atoms with Crippen molar-refractivity contribution in [2.75, 3.05) is 6.61 Å². The number of tetrazole rings is 1. The van der Waals surface area contributed by atoms with Crippen molar-refractivity contribution in [1.29, 1.82) is 0 Å². The minimum absolute atomic E-state index is 0.0595. The van der Waals surface area contributed by atoms with Crippen LogP contribution in [0.4, 0.5) is 0 Å². The van der Waals surface area contributed by atoms with Crippen molar-refractivity contribution in [2.24, 2.45) is 12.9 Å². The van der Waals surface area contributed by atoms with Crippen molar-refractivity contribution in [3.05, 3.63) is 35.7 Å². The lowest BCUT2D eigenvalue weighted by atomic mass is 9.85. The maximum atomic E-state index is 5.74. The van der Waals surface area contributed by atoms with Gasteiger partial charge in [0.05, 0.1) is 13.7 Å². The van der Waals surface area contributed by atoms with Gasteiger partial charge in [-0.15, -0.1) is 10.2 Å². The van der Waals surface area contributed by atoms with Crippen molar-refractivity contribution in [2.45, 2.75) is 24.8 Å². The third-order valence-electron chi connectivity index (χ3n) is 3.66. The summed E-state index contributed by atoms with van der Waals surface area (Å²) in [5.74, 6) is 7.66. The molecule has 0 radical (unpaired) electrons. The number of hydrogen-bond acceptors (Lipinski definition) is 6. The molecule has 2 atom stereocenters. The van der Waals surface area contributed by atoms with Crippen LogP contribution in [0, 0.1) is 0 Å². The molecule has 3 N–H and O–H groups in total. The Balaban J connectivity index is 1.83. The van der Waals surface area contributed by atoms with Crippen LogP contribution in [-0.2, 0) is 13.5 Å². The summed E-state index contributed by atoms with van der Waals surface area (Å²) in [4.78, 5) is 1.46. The molecule has 2 aromatic rings. The molecule has 106 valence electrons. The zero-order chi connectivity index (χ0) is 13.9. The number of fused-ring (bicyclic) bond motifs is 1. The van der Waals surface area contributed by atoms with E-state index in [2.05, 4.69) is 26.9 Å². The summed E-state index contributed by atoms with van der Waals surface area (Å²) >= 11 is 0. The van der Waals surface area contributed by atoms with E-state index in [4.69, 9.17) is 10.6 Å². The fourth-order valence-corrected chi connectivity index (χ4v) is 2.71. The van der Waals surface area contributed by atoms with E-state index >= 15 is 0 Å². The summed E-state index contributed by atoms with van der Waals surface area (Å²) in [5.41, 5.74) is 4.08. The Morgan fingerprint density at radius 2 is 2.35 bits per heavy atom. The lowest BCUT2D eigenvalue weighted by molar-refractivity contribution is 0.244. The number of nitrogens with one attached hydrogen (secondary N) is 1. The van der Waals surface area contributed by atoms with Gasteiger partial charge in [0, 0.05) is 18.4 Å². The van der Waals surface area contributed by atoms with E-state index in [9.17, 15) is 0 Å². The van der Waals surface area contributed by atoms with Crippen molar-refractivity contribution >= 4 is 0 Å². The highest BCUT2D eigenvalue weighted by molar-refractivity contribution is 5.38. The quantitative estimate of drug-likeness (QED) is 0.609. The molecule has 2 heterocycles. The first-order valence-corrected chi connectivity index (χ1v) is 6.68. The van der Waals surface area contributed by atoms with Crippen molar-refractivity contribution < 1.29 is 4.74 Å². The standard InChI is InChI=1S/C13H18N6O/c1-19-17-13(16-18-19)8-11(15-14)9-6-7-20-12-5-3-2-4-10(9)12/h2-5,9,11,15H,6-8,14H2,1H3. The minimum Gasteiger partial charge on any atom is -0.493 e. The predicted molar refractivity (Wildman–Crippen MR) is 72.9 cm³/mol. The van der Waals surface area contributed by atoms with Gasteiger partial charge in [-0.2, -0.15) is 4.80 Å². The van der Waals surface area contributed by atoms with Crippen LogP contribution < -0.4 is 16.0 Å². The van der Waals surface area contributed by atoms with Crippen LogP contribution in [0.5, 0.6) is 5.75 Å². The molecule has 3 rings (SSSR count). The topological polar surface area (TPSA) is 90.9 Å². The van der Waals surface area contributed by atoms with E-state index in [-0.39, 0.29) is 12.0 Å². The van der Waals surface area contributed by atoms with Gasteiger partial charge in [-0.1, -0.05) is 18.2 Å². The summed E-state index contributed by atoms with van der Waals surface area (Å²) in [6.07, 6.45) is 1.56. The second-order valence-electron chi connectivity index (χ2n) is 4.95. The molecule has 20 heavy (non-hydrogen) atoms. The third-order valence-corrected chi connectivity index (χ3v) is 3.66. The molecule has 0 aliphatic carbocycles. The van der Waals surface area contributed by atoms with E-state index in [1.165, 1.54) is 10.4 Å². The summed E-state index contributed by atoms with van der Waals surface area (Å²) in [7, 11) is 1.76. The largest absolute Gasteiger partial charge is 0.493 e. The van der Waals surface area contributed by atoms with E-state index in [0.717, 1.165) is 12.2 Å². The van der Waals surface area contributed by atoms with Gasteiger partial charge in [0.15, 0.2) is 5.82 Å². The van der Waals surface area contributed by atoms with Crippen LogP contribution in [-0.4, -0.2) is 32.9 Å². The van der Waals surface area contributed by atoms with Gasteiger partial charge in [0.1, 0.15) is 5.75 Å². The van der Waals surface area contributed by atoms with Crippen LogP contribution in [0.1, 0.15) is 23.7 Å². The second kappa shape index (κ2) is 5.56. The molecule has 7 nitrogen and oxygen atoms in total. The van der Waals surface area contributed by atoms with Gasteiger partial charge in [-0.3, -0.25) is 11.3 Å². The summed E-state index contributed by atoms with van der Waals surface area (Å²) in [5, 5.41) is 12.1. The molecule has 0 saturated heterocycles. The average molecular weight is 274 g/mol. The Labute approximate surface area is 117 Å². The molecule has 0 spiro atoms. The number of ether oxygens (including phenoxy) is 1. The zero-order valence-corrected chi connectivity index (χ0v) is 11.4. The summed E-state index contributed by atoms with van der Waals surface area (Å²) < 4.78 is 5.69. The van der Waals surface area contributed by atoms with E-state index in [1.54, 1.807) is 7.05 Å². The second-order valence-corrected chi connectivity index (χ2v) is 4.95. The molecular weight excluding hydrogens is 256 g/mol. The Morgan fingerprint density at radius 3 is 3.10 bits per heavy atom. The molecule has 0 amide bonds. The van der Waals surface area contributed by atoms with E-state index in [1.807, 2.05) is 18.2 Å². The Morgan fingerprint density at radius 1 is 1.50 bits per heavy atom. The first-order chi connectivity index (χ1) is 9.78. The van der Waals surface area contributed by atoms with Gasteiger partial charge in [0.25, 0.3) is 0 Å². The maximum Gasteiger partial charge on any atom is 0.176 e. The van der Waals surface area contributed by atoms with Crippen LogP contribution in [0.3, 0.4) is 0 Å². The highest BCUT2D eigenvalue weighted by atomic mass is 16.5. The smallest absolute Gasteiger partial charge is 0.176 e. The monoisotopic (exact) mass is 274 g/mol. The molecular formula is C13H18N6O. The normalized spacial score (nSPS) is 19.2. The lowest BCUT2D eigenvalue weighted by Crippen LogP contribution is -2.43. The first kappa shape index (κ1) is 13.0. The van der Waals surface area contributed by atoms with Gasteiger partial charge in [-0.05, 0) is 23.3 Å². The van der Waals surface area contributed by atoms with E-state index in [0.29, 0.717) is 18.9 Å². The van der Waals surface area contributed by atoms with Gasteiger partial charge < -0.3 is 4.74 Å². The van der Waals surface area contributed by atoms with Gasteiger partial charge in [0.2, 0.25) is 0 Å². The molecule has 1 aliphatic heterocycles. The molecule has 0 fully saturated rings. The number of nitrogens with two attached hydrogens (primary N) is 1. The highest BCUT2D eigenvalue weighted by Gasteiger charge is 2.29. The third kappa shape index (κ3) is 2.50. The molecule has 1 aromatic heterocycles. The molecule has 7 heteroatoms. The Bertz CT molecular complexity index is 584. The number of rotatable bonds is 4. The highest BCUT2D eigenvalue weighted by Crippen LogP contribution is 2.35. The number of hydrogen-bond donors (Lipinski definition) is 2. The molecule has 2 unspecified atom stereocenters. The lowest BCUT2D eigenvalue weighted by Gasteiger charge is -2.31. The number of para-hydroxylation sites is 1. The fourth-order valence-electron chi connectivity index (χ4n) is 2.71. The first-order valence-electron chi connectivity index (χ1n) is 6.68. The number of nitrogens with zero attached hydrogens (tertiary/aromatic N) is 4.